The van der Waals surface area contributed by atoms with Crippen molar-refractivity contribution in [1.82, 2.24) is 14.5 Å². The lowest BCUT2D eigenvalue weighted by atomic mass is 10.00. The molecule has 3 heterocycles. The summed E-state index contributed by atoms with van der Waals surface area (Å²) in [6.45, 7) is 0. The van der Waals surface area contributed by atoms with Crippen LogP contribution in [0.4, 0.5) is 0 Å². The normalized spacial score (nSPS) is 11.8. The zero-order valence-electron chi connectivity index (χ0n) is 25.8. The fraction of sp³-hybridized carbons (Fsp3) is 0. The van der Waals surface area contributed by atoms with Crippen molar-refractivity contribution in [2.45, 2.75) is 0 Å². The second-order valence-electron chi connectivity index (χ2n) is 12.2. The lowest BCUT2D eigenvalue weighted by Gasteiger charge is -2.12. The highest BCUT2D eigenvalue weighted by Gasteiger charge is 2.19. The molecule has 0 aliphatic rings. The molecular weight excluding hydrogens is 603 g/mol. The van der Waals surface area contributed by atoms with Gasteiger partial charge < -0.3 is 0 Å². The quantitative estimate of drug-likeness (QED) is 0.194. The van der Waals surface area contributed by atoms with Crippen molar-refractivity contribution in [2.75, 3.05) is 0 Å². The van der Waals surface area contributed by atoms with Gasteiger partial charge in [-0.2, -0.15) is 0 Å². The minimum atomic E-state index is 0.664. The average molecular weight is 630 g/mol. The Labute approximate surface area is 281 Å². The first-order valence-corrected chi connectivity index (χ1v) is 17.0. The van der Waals surface area contributed by atoms with Crippen LogP contribution in [-0.4, -0.2) is 14.5 Å². The standard InChI is InChI=1S/C44H27N3S/c1-3-11-28(12-4-1)32-19-22-33-36-25-30(31-21-24-42-37(26-31)34-15-8-10-18-41(34)48-42)20-23-39(36)47(40(33)27-32)44-45-38-17-9-7-16-35(38)43(46-44)29-13-5-2-6-14-29/h1-27H. The largest absolute Gasteiger partial charge is 0.278 e. The van der Waals surface area contributed by atoms with E-state index in [0.717, 1.165) is 38.8 Å². The van der Waals surface area contributed by atoms with Gasteiger partial charge in [0.05, 0.1) is 22.2 Å². The molecule has 0 amide bonds. The van der Waals surface area contributed by atoms with Gasteiger partial charge in [-0.15, -0.1) is 11.3 Å². The van der Waals surface area contributed by atoms with E-state index < -0.39 is 0 Å². The number of nitrogens with zero attached hydrogens (tertiary/aromatic N) is 3. The van der Waals surface area contributed by atoms with E-state index in [-0.39, 0.29) is 0 Å². The smallest absolute Gasteiger partial charge is 0.235 e. The molecule has 0 atom stereocenters. The van der Waals surface area contributed by atoms with E-state index >= 15 is 0 Å². The SMILES string of the molecule is c1ccc(-c2ccc3c4cc(-c5ccc6sc7ccccc7c6c5)ccc4n(-c4nc(-c5ccccc5)c5ccccc5n4)c3c2)cc1. The molecule has 0 saturated heterocycles. The highest BCUT2D eigenvalue weighted by molar-refractivity contribution is 7.25. The molecular formula is C44H27N3S. The molecule has 0 saturated carbocycles. The van der Waals surface area contributed by atoms with E-state index in [9.17, 15) is 0 Å². The number of thiophene rings is 1. The molecule has 0 aliphatic heterocycles. The summed E-state index contributed by atoms with van der Waals surface area (Å²) in [4.78, 5) is 10.5. The first-order valence-electron chi connectivity index (χ1n) is 16.2. The molecule has 7 aromatic carbocycles. The maximum atomic E-state index is 5.31. The maximum Gasteiger partial charge on any atom is 0.235 e. The van der Waals surface area contributed by atoms with E-state index in [1.165, 1.54) is 47.6 Å². The summed E-state index contributed by atoms with van der Waals surface area (Å²) in [5, 5.41) is 6.01. The second-order valence-corrected chi connectivity index (χ2v) is 13.3. The maximum absolute atomic E-state index is 5.31. The van der Waals surface area contributed by atoms with E-state index in [1.807, 2.05) is 23.5 Å². The third kappa shape index (κ3) is 4.27. The Morgan fingerprint density at radius 2 is 1.00 bits per heavy atom. The van der Waals surface area contributed by atoms with Gasteiger partial charge in [-0.3, -0.25) is 4.57 Å². The van der Waals surface area contributed by atoms with Crippen molar-refractivity contribution in [3.63, 3.8) is 0 Å². The summed E-state index contributed by atoms with van der Waals surface area (Å²) in [7, 11) is 0. The van der Waals surface area contributed by atoms with E-state index in [4.69, 9.17) is 9.97 Å². The number of para-hydroxylation sites is 1. The van der Waals surface area contributed by atoms with Crippen LogP contribution in [0.15, 0.2) is 164 Å². The number of benzene rings is 7. The van der Waals surface area contributed by atoms with Crippen molar-refractivity contribution in [1.29, 1.82) is 0 Å². The molecule has 10 aromatic rings. The summed E-state index contributed by atoms with van der Waals surface area (Å²) in [5.41, 5.74) is 9.82. The summed E-state index contributed by atoms with van der Waals surface area (Å²) in [6, 6.07) is 58.4. The summed E-state index contributed by atoms with van der Waals surface area (Å²) in [6.07, 6.45) is 0. The first-order chi connectivity index (χ1) is 23.8. The van der Waals surface area contributed by atoms with Gasteiger partial charge in [-0.25, -0.2) is 9.97 Å². The highest BCUT2D eigenvalue weighted by atomic mass is 32.1. The number of rotatable bonds is 4. The molecule has 0 spiro atoms. The van der Waals surface area contributed by atoms with Crippen molar-refractivity contribution in [3.05, 3.63) is 164 Å². The van der Waals surface area contributed by atoms with Crippen molar-refractivity contribution >= 4 is 64.2 Å². The van der Waals surface area contributed by atoms with Crippen molar-refractivity contribution in [2.24, 2.45) is 0 Å². The monoisotopic (exact) mass is 629 g/mol. The molecule has 0 aliphatic carbocycles. The molecule has 0 N–H and O–H groups in total. The Bertz CT molecular complexity index is 2830. The molecule has 0 unspecified atom stereocenters. The molecule has 4 heteroatoms. The topological polar surface area (TPSA) is 30.7 Å². The Morgan fingerprint density at radius 3 is 1.83 bits per heavy atom. The molecule has 224 valence electrons. The minimum Gasteiger partial charge on any atom is -0.278 e. The fourth-order valence-corrected chi connectivity index (χ4v) is 8.20. The Balaban J connectivity index is 1.24. The van der Waals surface area contributed by atoms with Gasteiger partial charge in [-0.1, -0.05) is 121 Å². The van der Waals surface area contributed by atoms with Gasteiger partial charge in [0.15, 0.2) is 0 Å². The molecule has 48 heavy (non-hydrogen) atoms. The first kappa shape index (κ1) is 27.1. The van der Waals surface area contributed by atoms with Gasteiger partial charge in [0.25, 0.3) is 0 Å². The average Bonchev–Trinajstić information content (AvgIpc) is 3.69. The lowest BCUT2D eigenvalue weighted by molar-refractivity contribution is 1.01. The number of aromatic nitrogens is 3. The van der Waals surface area contributed by atoms with Crippen LogP contribution in [0.2, 0.25) is 0 Å². The Hall–Kier alpha value is -6.10. The molecule has 0 radical (unpaired) electrons. The Kier molecular flexibility index (Phi) is 6.05. The number of fused-ring (bicyclic) bond motifs is 7. The van der Waals surface area contributed by atoms with Gasteiger partial charge >= 0.3 is 0 Å². The van der Waals surface area contributed by atoms with Crippen molar-refractivity contribution < 1.29 is 0 Å². The highest BCUT2D eigenvalue weighted by Crippen LogP contribution is 2.40. The summed E-state index contributed by atoms with van der Waals surface area (Å²) < 4.78 is 4.88. The predicted molar refractivity (Wildman–Crippen MR) is 203 cm³/mol. The molecule has 10 rings (SSSR count). The van der Waals surface area contributed by atoms with Crippen LogP contribution in [0.3, 0.4) is 0 Å². The van der Waals surface area contributed by atoms with E-state index in [0.29, 0.717) is 5.95 Å². The van der Waals surface area contributed by atoms with Gasteiger partial charge in [0.2, 0.25) is 5.95 Å². The Morgan fingerprint density at radius 1 is 0.375 bits per heavy atom. The van der Waals surface area contributed by atoms with E-state index in [2.05, 4.69) is 156 Å². The third-order valence-corrected chi connectivity index (χ3v) is 10.6. The van der Waals surface area contributed by atoms with Crippen LogP contribution in [0, 0.1) is 0 Å². The summed E-state index contributed by atoms with van der Waals surface area (Å²) >= 11 is 1.85. The minimum absolute atomic E-state index is 0.664. The van der Waals surface area contributed by atoms with Crippen LogP contribution < -0.4 is 0 Å². The molecule has 0 bridgehead atoms. The molecule has 3 nitrogen and oxygen atoms in total. The van der Waals surface area contributed by atoms with Crippen LogP contribution in [0.25, 0.3) is 92.3 Å². The van der Waals surface area contributed by atoms with E-state index in [1.54, 1.807) is 0 Å². The van der Waals surface area contributed by atoms with Crippen LogP contribution in [0.1, 0.15) is 0 Å². The molecule has 3 aromatic heterocycles. The fourth-order valence-electron chi connectivity index (χ4n) is 7.11. The van der Waals surface area contributed by atoms with Crippen LogP contribution in [0.5, 0.6) is 0 Å². The zero-order valence-corrected chi connectivity index (χ0v) is 26.7. The zero-order chi connectivity index (χ0) is 31.6. The molecule has 0 fully saturated rings. The van der Waals surface area contributed by atoms with Gasteiger partial charge in [0, 0.05) is 41.9 Å². The van der Waals surface area contributed by atoms with Gasteiger partial charge in [0.1, 0.15) is 0 Å². The predicted octanol–water partition coefficient (Wildman–Crippen LogP) is 12.1. The number of hydrogen-bond donors (Lipinski definition) is 0. The summed E-state index contributed by atoms with van der Waals surface area (Å²) in [5.74, 6) is 0.664. The van der Waals surface area contributed by atoms with Crippen LogP contribution in [-0.2, 0) is 0 Å². The van der Waals surface area contributed by atoms with Crippen LogP contribution >= 0.6 is 11.3 Å². The van der Waals surface area contributed by atoms with Crippen molar-refractivity contribution in [3.8, 4) is 39.5 Å². The second kappa shape index (κ2) is 10.7. The van der Waals surface area contributed by atoms with Gasteiger partial charge in [-0.05, 0) is 64.7 Å². The third-order valence-electron chi connectivity index (χ3n) is 9.42. The number of hydrogen-bond acceptors (Lipinski definition) is 3. The lowest BCUT2D eigenvalue weighted by Crippen LogP contribution is -2.03.